The Kier molecular flexibility index (Phi) is 10.7. The van der Waals surface area contributed by atoms with Crippen LogP contribution in [0.3, 0.4) is 0 Å². The summed E-state index contributed by atoms with van der Waals surface area (Å²) in [6.45, 7) is 2.11. The fourth-order valence-electron chi connectivity index (χ4n) is 4.07. The van der Waals surface area contributed by atoms with E-state index in [0.29, 0.717) is 6.54 Å². The molecular weight excluding hydrogens is 616 g/mol. The van der Waals surface area contributed by atoms with Crippen LogP contribution in [0.4, 0.5) is 38.5 Å². The van der Waals surface area contributed by atoms with E-state index in [1.54, 1.807) is 12.1 Å². The quantitative estimate of drug-likeness (QED) is 0.0969. The van der Waals surface area contributed by atoms with Crippen molar-refractivity contribution in [3.05, 3.63) is 89.4 Å². The summed E-state index contributed by atoms with van der Waals surface area (Å²) < 4.78 is 52.8. The number of urea groups is 1. The number of alkyl halides is 3. The van der Waals surface area contributed by atoms with Crippen LogP contribution in [0.5, 0.6) is 0 Å². The van der Waals surface area contributed by atoms with Crippen molar-refractivity contribution in [2.45, 2.75) is 23.9 Å². The Bertz CT molecular complexity index is 1630. The maximum Gasteiger partial charge on any atom is 0.461 e. The lowest BCUT2D eigenvalue weighted by molar-refractivity contribution is -0.182. The van der Waals surface area contributed by atoms with Gasteiger partial charge in [0.15, 0.2) is 0 Å². The fourth-order valence-corrected chi connectivity index (χ4v) is 4.61. The molecule has 1 heterocycles. The third-order valence-corrected chi connectivity index (χ3v) is 6.55. The van der Waals surface area contributed by atoms with E-state index in [1.807, 2.05) is 19.0 Å². The summed E-state index contributed by atoms with van der Waals surface area (Å²) in [6.07, 6.45) is -1.13. The summed E-state index contributed by atoms with van der Waals surface area (Å²) in [5, 5.41) is 5.13. The molecule has 228 valence electrons. The molecule has 0 atom stereocenters. The Hall–Kier alpha value is -4.27. The van der Waals surface area contributed by atoms with E-state index in [0.717, 1.165) is 22.3 Å². The summed E-state index contributed by atoms with van der Waals surface area (Å²) in [5.74, 6) is -1.57. The molecule has 1 aromatic heterocycles. The van der Waals surface area contributed by atoms with Crippen LogP contribution in [0.25, 0.3) is 10.9 Å². The molecule has 0 bridgehead atoms. The first-order valence-corrected chi connectivity index (χ1v) is 13.0. The van der Waals surface area contributed by atoms with Gasteiger partial charge >= 0.3 is 23.6 Å². The van der Waals surface area contributed by atoms with Crippen LogP contribution in [0.1, 0.15) is 21.6 Å². The maximum absolute atomic E-state index is 14.1. The van der Waals surface area contributed by atoms with E-state index < -0.39 is 29.4 Å². The molecule has 0 spiro atoms. The highest BCUT2D eigenvalue weighted by Gasteiger charge is 2.29. The number of benzene rings is 3. The number of anilines is 2. The Balaban J connectivity index is 0.00000506. The van der Waals surface area contributed by atoms with Crippen LogP contribution < -0.4 is 10.6 Å². The Morgan fingerprint density at radius 2 is 1.58 bits per heavy atom. The van der Waals surface area contributed by atoms with Crippen LogP contribution in [0.2, 0.25) is 0 Å². The van der Waals surface area contributed by atoms with Crippen LogP contribution in [-0.4, -0.2) is 47.2 Å². The highest BCUT2D eigenvalue weighted by molar-refractivity contribution is 8.00. The van der Waals surface area contributed by atoms with Gasteiger partial charge in [0.2, 0.25) is 0 Å². The van der Waals surface area contributed by atoms with Gasteiger partial charge in [0, 0.05) is 22.5 Å². The molecule has 0 aliphatic heterocycles. The average Bonchev–Trinajstić information content (AvgIpc) is 3.17. The second kappa shape index (κ2) is 13.8. The molecule has 0 radical (unpaired) electrons. The largest absolute Gasteiger partial charge is 0.461 e. The fraction of sp³-hybridized carbons (Fsp3) is 0.179. The minimum atomic E-state index is -4.45. The molecule has 2 N–H and O–H groups in total. The van der Waals surface area contributed by atoms with Crippen LogP contribution in [0.15, 0.2) is 71.6 Å². The van der Waals surface area contributed by atoms with Crippen LogP contribution in [0, 0.1) is 12.7 Å². The van der Waals surface area contributed by atoms with E-state index in [2.05, 4.69) is 10.6 Å². The van der Waals surface area contributed by atoms with Gasteiger partial charge in [-0.2, -0.15) is 13.2 Å². The third kappa shape index (κ3) is 8.63. The lowest BCUT2D eigenvalue weighted by Crippen LogP contribution is -2.21. The van der Waals surface area contributed by atoms with Crippen molar-refractivity contribution in [1.82, 2.24) is 9.47 Å². The molecule has 0 aliphatic rings. The number of rotatable bonds is 6. The summed E-state index contributed by atoms with van der Waals surface area (Å²) >= 11 is -0.296. The van der Waals surface area contributed by atoms with E-state index in [1.165, 1.54) is 49.4 Å². The summed E-state index contributed by atoms with van der Waals surface area (Å²) in [5.41, 5.74) is -2.85. The third-order valence-electron chi connectivity index (χ3n) is 5.81. The monoisotopic (exact) mass is 640 g/mol. The summed E-state index contributed by atoms with van der Waals surface area (Å²) in [7, 11) is 3.80. The molecule has 2 amide bonds. The second-order valence-corrected chi connectivity index (χ2v) is 10.4. The van der Waals surface area contributed by atoms with Gasteiger partial charge in [-0.05, 0) is 92.9 Å². The van der Waals surface area contributed by atoms with Gasteiger partial charge in [-0.25, -0.2) is 33.1 Å². The van der Waals surface area contributed by atoms with Crippen molar-refractivity contribution >= 4 is 64.5 Å². The zero-order valence-electron chi connectivity index (χ0n) is 22.8. The normalized spacial score (nSPS) is 11.2. The number of nitrogens with one attached hydrogen (secondary N) is 2. The van der Waals surface area contributed by atoms with Crippen molar-refractivity contribution < 1.29 is 41.7 Å². The molecule has 3 aromatic carbocycles. The number of halogens is 5. The molecule has 0 saturated carbocycles. The number of thioether (sulfide) groups is 1. The predicted octanol–water partition coefficient (Wildman–Crippen LogP) is 7.58. The smallest absolute Gasteiger partial charge is 0.308 e. The first-order chi connectivity index (χ1) is 19.8. The zero-order chi connectivity index (χ0) is 30.6. The zero-order valence-corrected chi connectivity index (χ0v) is 24.5. The summed E-state index contributed by atoms with van der Waals surface area (Å²) in [4.78, 5) is 49.5. The Morgan fingerprint density at radius 3 is 2.19 bits per heavy atom. The number of nitrogens with zero attached hydrogens (tertiary/aromatic N) is 2. The molecule has 0 aliphatic carbocycles. The number of amides is 2. The van der Waals surface area contributed by atoms with Gasteiger partial charge < -0.3 is 15.5 Å². The molecule has 4 aromatic rings. The minimum Gasteiger partial charge on any atom is -0.308 e. The van der Waals surface area contributed by atoms with Crippen molar-refractivity contribution in [1.29, 1.82) is 0 Å². The molecule has 0 fully saturated rings. The van der Waals surface area contributed by atoms with Gasteiger partial charge in [-0.15, -0.1) is 12.4 Å². The van der Waals surface area contributed by atoms with Gasteiger partial charge in [0.1, 0.15) is 5.82 Å². The van der Waals surface area contributed by atoms with Gasteiger partial charge in [-0.3, -0.25) is 0 Å². The number of carbonyl (C=O) groups is 3. The highest BCUT2D eigenvalue weighted by Crippen LogP contribution is 2.37. The molecule has 15 heteroatoms. The number of carbonyl (C=O) groups excluding carboxylic acids is 3. The van der Waals surface area contributed by atoms with E-state index in [-0.39, 0.29) is 62.6 Å². The minimum absolute atomic E-state index is 0. The standard InChI is InChI=1S/C28H24F4N4O5S.ClH/c1-16-24(34-26(38)33-20-9-11-21(12-10-20)42-28(30,31)32)22-14-19(29)8-13-23(22)36(16)27(39)41-40-25(37)18-6-4-17(5-7-18)15-35(2)3;/h4-14H,15H2,1-3H3,(H2,33,34,38);1H. The Labute approximate surface area is 253 Å². The van der Waals surface area contributed by atoms with Crippen molar-refractivity contribution in [3.63, 3.8) is 0 Å². The van der Waals surface area contributed by atoms with Crippen LogP contribution in [-0.2, 0) is 16.3 Å². The molecule has 0 saturated heterocycles. The van der Waals surface area contributed by atoms with Gasteiger partial charge in [0.25, 0.3) is 0 Å². The first-order valence-electron chi connectivity index (χ1n) is 12.2. The second-order valence-electron chi connectivity index (χ2n) is 9.26. The molecule has 4 rings (SSSR count). The lowest BCUT2D eigenvalue weighted by Gasteiger charge is -2.10. The first kappa shape index (κ1) is 33.2. The molecule has 9 nitrogen and oxygen atoms in total. The SMILES string of the molecule is Cc1c(NC(=O)Nc2ccc(SC(F)(F)F)cc2)c2cc(F)ccc2n1C(=O)OOC(=O)c1ccc(CN(C)C)cc1.Cl. The van der Waals surface area contributed by atoms with Crippen molar-refractivity contribution in [2.24, 2.45) is 0 Å². The van der Waals surface area contributed by atoms with Crippen molar-refractivity contribution in [2.75, 3.05) is 24.7 Å². The number of aromatic nitrogens is 1. The number of fused-ring (bicyclic) bond motifs is 1. The van der Waals surface area contributed by atoms with Gasteiger partial charge in [0.05, 0.1) is 22.5 Å². The van der Waals surface area contributed by atoms with Crippen LogP contribution >= 0.6 is 24.2 Å². The van der Waals surface area contributed by atoms with Crippen molar-refractivity contribution in [3.8, 4) is 0 Å². The number of hydrogen-bond donors (Lipinski definition) is 2. The molecular formula is C28H25ClF4N4O5S. The summed E-state index contributed by atoms with van der Waals surface area (Å²) in [6, 6.07) is 14.1. The average molecular weight is 641 g/mol. The predicted molar refractivity (Wildman–Crippen MR) is 156 cm³/mol. The molecule has 43 heavy (non-hydrogen) atoms. The topological polar surface area (TPSA) is 102 Å². The highest BCUT2D eigenvalue weighted by atomic mass is 35.5. The van der Waals surface area contributed by atoms with E-state index in [9.17, 15) is 31.9 Å². The lowest BCUT2D eigenvalue weighted by atomic mass is 10.1. The Morgan fingerprint density at radius 1 is 0.930 bits per heavy atom. The number of hydrogen-bond acceptors (Lipinski definition) is 7. The van der Waals surface area contributed by atoms with Gasteiger partial charge in [-0.1, -0.05) is 12.1 Å². The van der Waals surface area contributed by atoms with E-state index >= 15 is 0 Å². The van der Waals surface area contributed by atoms with E-state index in [4.69, 9.17) is 9.78 Å². The molecule has 0 unspecified atom stereocenters. The maximum atomic E-state index is 14.1.